The highest BCUT2D eigenvalue weighted by Gasteiger charge is 2.13. The first-order chi connectivity index (χ1) is 6.15. The molecule has 1 heterocycles. The van der Waals surface area contributed by atoms with E-state index in [1.807, 2.05) is 6.92 Å². The topological polar surface area (TPSA) is 55.1 Å². The molecule has 0 fully saturated rings. The number of carbonyl (C=O) groups excluding carboxylic acids is 1. The maximum atomic E-state index is 11.4. The van der Waals surface area contributed by atoms with Crippen molar-refractivity contribution < 1.29 is 9.21 Å². The summed E-state index contributed by atoms with van der Waals surface area (Å²) in [6, 6.07) is 0. The van der Waals surface area contributed by atoms with Crippen LogP contribution in [0.4, 0.5) is 0 Å². The SMILES string of the molecule is CCCNC(=O)c1nc(C)oc1C. The molecule has 0 radical (unpaired) electrons. The van der Waals surface area contributed by atoms with E-state index in [4.69, 9.17) is 4.42 Å². The third kappa shape index (κ3) is 2.31. The highest BCUT2D eigenvalue weighted by Crippen LogP contribution is 2.08. The van der Waals surface area contributed by atoms with Gasteiger partial charge in [-0.05, 0) is 13.3 Å². The molecule has 1 aromatic heterocycles. The van der Waals surface area contributed by atoms with Crippen molar-refractivity contribution in [3.63, 3.8) is 0 Å². The van der Waals surface area contributed by atoms with Crippen LogP contribution in [0.1, 0.15) is 35.5 Å². The first-order valence-corrected chi connectivity index (χ1v) is 4.37. The lowest BCUT2D eigenvalue weighted by molar-refractivity contribution is 0.0948. The normalized spacial score (nSPS) is 10.1. The fourth-order valence-electron chi connectivity index (χ4n) is 1.06. The van der Waals surface area contributed by atoms with Crippen LogP contribution in [0.5, 0.6) is 0 Å². The summed E-state index contributed by atoms with van der Waals surface area (Å²) in [5.74, 6) is 0.946. The highest BCUT2D eigenvalue weighted by atomic mass is 16.4. The van der Waals surface area contributed by atoms with Gasteiger partial charge in [0.05, 0.1) is 0 Å². The molecule has 0 aliphatic carbocycles. The van der Waals surface area contributed by atoms with Crippen molar-refractivity contribution in [2.24, 2.45) is 0 Å². The molecule has 0 aliphatic heterocycles. The van der Waals surface area contributed by atoms with Gasteiger partial charge in [0, 0.05) is 13.5 Å². The zero-order valence-electron chi connectivity index (χ0n) is 8.18. The molecule has 1 N–H and O–H groups in total. The Labute approximate surface area is 77.3 Å². The predicted octanol–water partition coefficient (Wildman–Crippen LogP) is 1.43. The number of amides is 1. The summed E-state index contributed by atoms with van der Waals surface area (Å²) < 4.78 is 5.14. The fraction of sp³-hybridized carbons (Fsp3) is 0.556. The van der Waals surface area contributed by atoms with Crippen molar-refractivity contribution in [1.29, 1.82) is 0 Å². The summed E-state index contributed by atoms with van der Waals surface area (Å²) >= 11 is 0. The number of hydrogen-bond acceptors (Lipinski definition) is 3. The molecular formula is C9H14N2O2. The molecule has 13 heavy (non-hydrogen) atoms. The Balaban J connectivity index is 2.70. The van der Waals surface area contributed by atoms with Crippen LogP contribution < -0.4 is 5.32 Å². The second-order valence-corrected chi connectivity index (χ2v) is 2.89. The average molecular weight is 182 g/mol. The van der Waals surface area contributed by atoms with E-state index in [1.165, 1.54) is 0 Å². The van der Waals surface area contributed by atoms with E-state index in [-0.39, 0.29) is 5.91 Å². The lowest BCUT2D eigenvalue weighted by Crippen LogP contribution is -2.24. The number of hydrogen-bond donors (Lipinski definition) is 1. The summed E-state index contributed by atoms with van der Waals surface area (Å²) in [6.45, 7) is 6.13. The molecule has 4 nitrogen and oxygen atoms in total. The van der Waals surface area contributed by atoms with Gasteiger partial charge in [-0.25, -0.2) is 4.98 Å². The van der Waals surface area contributed by atoms with Gasteiger partial charge in [-0.15, -0.1) is 0 Å². The van der Waals surface area contributed by atoms with Gasteiger partial charge in [-0.2, -0.15) is 0 Å². The Morgan fingerprint density at radius 2 is 2.23 bits per heavy atom. The zero-order chi connectivity index (χ0) is 9.84. The molecule has 72 valence electrons. The van der Waals surface area contributed by atoms with Gasteiger partial charge in [-0.3, -0.25) is 4.79 Å². The molecule has 1 rings (SSSR count). The number of nitrogens with zero attached hydrogens (tertiary/aromatic N) is 1. The molecule has 0 aromatic carbocycles. The summed E-state index contributed by atoms with van der Waals surface area (Å²) in [7, 11) is 0. The van der Waals surface area contributed by atoms with Crippen molar-refractivity contribution in [2.75, 3.05) is 6.54 Å². The second-order valence-electron chi connectivity index (χ2n) is 2.89. The molecule has 0 unspecified atom stereocenters. The Morgan fingerprint density at radius 3 is 2.69 bits per heavy atom. The number of nitrogens with one attached hydrogen (secondary N) is 1. The van der Waals surface area contributed by atoms with Crippen molar-refractivity contribution >= 4 is 5.91 Å². The van der Waals surface area contributed by atoms with Crippen molar-refractivity contribution in [3.05, 3.63) is 17.3 Å². The molecule has 0 atom stereocenters. The van der Waals surface area contributed by atoms with E-state index >= 15 is 0 Å². The molecule has 1 amide bonds. The summed E-state index contributed by atoms with van der Waals surface area (Å²) in [5.41, 5.74) is 0.394. The van der Waals surface area contributed by atoms with Gasteiger partial charge < -0.3 is 9.73 Å². The molecular weight excluding hydrogens is 168 g/mol. The summed E-state index contributed by atoms with van der Waals surface area (Å²) in [5, 5.41) is 2.74. The Bertz CT molecular complexity index is 305. The quantitative estimate of drug-likeness (QED) is 0.769. The second kappa shape index (κ2) is 4.07. The van der Waals surface area contributed by atoms with E-state index in [1.54, 1.807) is 13.8 Å². The summed E-state index contributed by atoms with van der Waals surface area (Å²) in [6.07, 6.45) is 0.918. The molecule has 0 spiro atoms. The number of rotatable bonds is 3. The van der Waals surface area contributed by atoms with E-state index < -0.39 is 0 Å². The van der Waals surface area contributed by atoms with Crippen LogP contribution in [-0.4, -0.2) is 17.4 Å². The number of aromatic nitrogens is 1. The zero-order valence-corrected chi connectivity index (χ0v) is 8.18. The van der Waals surface area contributed by atoms with Crippen LogP contribution in [0.25, 0.3) is 0 Å². The van der Waals surface area contributed by atoms with Crippen LogP contribution >= 0.6 is 0 Å². The van der Waals surface area contributed by atoms with Crippen LogP contribution in [0.3, 0.4) is 0 Å². The van der Waals surface area contributed by atoms with E-state index in [0.717, 1.165) is 6.42 Å². The Kier molecular flexibility index (Phi) is 3.06. The first-order valence-electron chi connectivity index (χ1n) is 4.37. The lowest BCUT2D eigenvalue weighted by atomic mass is 10.3. The third-order valence-corrected chi connectivity index (χ3v) is 1.65. The van der Waals surface area contributed by atoms with Gasteiger partial charge in [-0.1, -0.05) is 6.92 Å². The van der Waals surface area contributed by atoms with E-state index in [9.17, 15) is 4.79 Å². The number of carbonyl (C=O) groups is 1. The van der Waals surface area contributed by atoms with Crippen molar-refractivity contribution in [2.45, 2.75) is 27.2 Å². The molecule has 0 aliphatic rings. The minimum atomic E-state index is -0.156. The molecule has 0 bridgehead atoms. The van der Waals surface area contributed by atoms with Gasteiger partial charge in [0.25, 0.3) is 5.91 Å². The standard InChI is InChI=1S/C9H14N2O2/c1-4-5-10-9(12)8-6(2)13-7(3)11-8/h4-5H2,1-3H3,(H,10,12). The van der Waals surface area contributed by atoms with Gasteiger partial charge in [0.15, 0.2) is 11.6 Å². The largest absolute Gasteiger partial charge is 0.445 e. The molecule has 0 saturated heterocycles. The maximum absolute atomic E-state index is 11.4. The number of oxazole rings is 1. The van der Waals surface area contributed by atoms with Crippen LogP contribution in [-0.2, 0) is 0 Å². The lowest BCUT2D eigenvalue weighted by Gasteiger charge is -1.99. The van der Waals surface area contributed by atoms with Crippen LogP contribution in [0, 0.1) is 13.8 Å². The Morgan fingerprint density at radius 1 is 1.54 bits per heavy atom. The van der Waals surface area contributed by atoms with Gasteiger partial charge in [0.1, 0.15) is 5.76 Å². The van der Waals surface area contributed by atoms with E-state index in [2.05, 4.69) is 10.3 Å². The van der Waals surface area contributed by atoms with Gasteiger partial charge in [0.2, 0.25) is 0 Å². The monoisotopic (exact) mass is 182 g/mol. The first kappa shape index (κ1) is 9.77. The van der Waals surface area contributed by atoms with Gasteiger partial charge >= 0.3 is 0 Å². The summed E-state index contributed by atoms with van der Waals surface area (Å²) in [4.78, 5) is 15.4. The third-order valence-electron chi connectivity index (χ3n) is 1.65. The van der Waals surface area contributed by atoms with E-state index in [0.29, 0.717) is 23.9 Å². The average Bonchev–Trinajstić information content (AvgIpc) is 2.41. The van der Waals surface area contributed by atoms with Crippen molar-refractivity contribution in [3.8, 4) is 0 Å². The number of aryl methyl sites for hydroxylation is 2. The smallest absolute Gasteiger partial charge is 0.273 e. The van der Waals surface area contributed by atoms with Crippen LogP contribution in [0.2, 0.25) is 0 Å². The predicted molar refractivity (Wildman–Crippen MR) is 48.6 cm³/mol. The molecule has 1 aromatic rings. The Hall–Kier alpha value is -1.32. The minimum absolute atomic E-state index is 0.156. The van der Waals surface area contributed by atoms with Crippen LogP contribution in [0.15, 0.2) is 4.42 Å². The highest BCUT2D eigenvalue weighted by molar-refractivity contribution is 5.93. The van der Waals surface area contributed by atoms with Crippen molar-refractivity contribution in [1.82, 2.24) is 10.3 Å². The molecule has 4 heteroatoms. The fourth-order valence-corrected chi connectivity index (χ4v) is 1.06. The molecule has 0 saturated carbocycles. The minimum Gasteiger partial charge on any atom is -0.445 e. The maximum Gasteiger partial charge on any atom is 0.273 e.